The van der Waals surface area contributed by atoms with Crippen molar-refractivity contribution in [2.24, 2.45) is 0 Å². The first kappa shape index (κ1) is 15.1. The van der Waals surface area contributed by atoms with E-state index < -0.39 is 5.60 Å². The van der Waals surface area contributed by atoms with Crippen LogP contribution >= 0.6 is 11.6 Å². The lowest BCUT2D eigenvalue weighted by Crippen LogP contribution is -2.49. The number of nitrogens with one attached hydrogen (secondary N) is 1. The van der Waals surface area contributed by atoms with E-state index in [-0.39, 0.29) is 12.1 Å². The van der Waals surface area contributed by atoms with E-state index in [4.69, 9.17) is 16.3 Å². The monoisotopic (exact) mass is 296 g/mol. The minimum absolute atomic E-state index is 0.0463. The van der Waals surface area contributed by atoms with Crippen LogP contribution in [0, 0.1) is 0 Å². The van der Waals surface area contributed by atoms with Crippen LogP contribution in [0.4, 0.5) is 4.79 Å². The van der Waals surface area contributed by atoms with Gasteiger partial charge in [-0.1, -0.05) is 29.8 Å². The van der Waals surface area contributed by atoms with Gasteiger partial charge in [0.05, 0.1) is 6.04 Å². The summed E-state index contributed by atoms with van der Waals surface area (Å²) in [7, 11) is 0. The number of benzene rings is 1. The first-order chi connectivity index (χ1) is 9.37. The molecule has 1 fully saturated rings. The van der Waals surface area contributed by atoms with Crippen molar-refractivity contribution in [3.63, 3.8) is 0 Å². The van der Waals surface area contributed by atoms with E-state index in [0.717, 1.165) is 17.1 Å². The molecule has 0 radical (unpaired) electrons. The Labute approximate surface area is 125 Å². The largest absolute Gasteiger partial charge is 0.444 e. The normalized spacial score (nSPS) is 19.8. The lowest BCUT2D eigenvalue weighted by molar-refractivity contribution is 0.0195. The fourth-order valence-electron chi connectivity index (χ4n) is 2.21. The van der Waals surface area contributed by atoms with Gasteiger partial charge in [0.25, 0.3) is 0 Å². The molecule has 0 aromatic heterocycles. The van der Waals surface area contributed by atoms with Gasteiger partial charge in [-0.3, -0.25) is 0 Å². The zero-order valence-corrected chi connectivity index (χ0v) is 12.9. The Balaban J connectivity index is 2.06. The molecule has 2 rings (SSSR count). The van der Waals surface area contributed by atoms with Crippen LogP contribution in [-0.4, -0.2) is 36.2 Å². The van der Waals surface area contributed by atoms with E-state index in [1.54, 1.807) is 4.90 Å². The minimum atomic E-state index is -0.470. The van der Waals surface area contributed by atoms with Gasteiger partial charge in [0, 0.05) is 24.7 Å². The van der Waals surface area contributed by atoms with Crippen molar-refractivity contribution in [2.45, 2.75) is 32.4 Å². The molecule has 0 aliphatic carbocycles. The smallest absolute Gasteiger partial charge is 0.410 e. The van der Waals surface area contributed by atoms with Crippen molar-refractivity contribution in [1.29, 1.82) is 0 Å². The maximum Gasteiger partial charge on any atom is 0.410 e. The number of rotatable bonds is 1. The van der Waals surface area contributed by atoms with Crippen LogP contribution in [0.2, 0.25) is 5.02 Å². The maximum atomic E-state index is 12.1. The summed E-state index contributed by atoms with van der Waals surface area (Å²) >= 11 is 6.22. The quantitative estimate of drug-likeness (QED) is 0.865. The number of amides is 1. The summed E-state index contributed by atoms with van der Waals surface area (Å²) in [5.41, 5.74) is 0.546. The molecule has 1 saturated heterocycles. The van der Waals surface area contributed by atoms with Crippen molar-refractivity contribution in [3.8, 4) is 0 Å². The van der Waals surface area contributed by atoms with E-state index in [2.05, 4.69) is 5.32 Å². The third-order valence-electron chi connectivity index (χ3n) is 3.11. The van der Waals surface area contributed by atoms with Gasteiger partial charge in [0.2, 0.25) is 0 Å². The molecule has 110 valence electrons. The van der Waals surface area contributed by atoms with Crippen LogP contribution < -0.4 is 5.32 Å². The lowest BCUT2D eigenvalue weighted by atomic mass is 10.0. The first-order valence-electron chi connectivity index (χ1n) is 6.82. The molecular formula is C15H21ClN2O2. The number of hydrogen-bond acceptors (Lipinski definition) is 3. The standard InChI is InChI=1S/C15H21ClN2O2/c1-15(2,3)20-14(19)18-9-8-17-13(10-18)11-6-4-5-7-12(11)16/h4-7,13,17H,8-10H2,1-3H3/t13-/m1/s1. The fraction of sp³-hybridized carbons (Fsp3) is 0.533. The third kappa shape index (κ3) is 3.87. The number of ether oxygens (including phenoxy) is 1. The lowest BCUT2D eigenvalue weighted by Gasteiger charge is -2.35. The number of piperazine rings is 1. The van der Waals surface area contributed by atoms with E-state index in [1.165, 1.54) is 0 Å². The molecule has 1 amide bonds. The Kier molecular flexibility index (Phi) is 4.55. The van der Waals surface area contributed by atoms with Gasteiger partial charge >= 0.3 is 6.09 Å². The summed E-state index contributed by atoms with van der Waals surface area (Å²) in [6.45, 7) is 7.57. The molecule has 1 aliphatic rings. The predicted molar refractivity (Wildman–Crippen MR) is 80.0 cm³/mol. The van der Waals surface area contributed by atoms with Gasteiger partial charge in [0.15, 0.2) is 0 Å². The zero-order valence-electron chi connectivity index (χ0n) is 12.1. The topological polar surface area (TPSA) is 41.6 Å². The van der Waals surface area contributed by atoms with Crippen LogP contribution in [0.5, 0.6) is 0 Å². The third-order valence-corrected chi connectivity index (χ3v) is 3.45. The highest BCUT2D eigenvalue weighted by atomic mass is 35.5. The summed E-state index contributed by atoms with van der Waals surface area (Å²) in [5.74, 6) is 0. The van der Waals surface area contributed by atoms with Gasteiger partial charge in [-0.25, -0.2) is 4.79 Å². The number of halogens is 1. The molecule has 1 aromatic rings. The molecule has 1 atom stereocenters. The van der Waals surface area contributed by atoms with E-state index in [0.29, 0.717) is 13.1 Å². The highest BCUT2D eigenvalue weighted by Gasteiger charge is 2.28. The molecule has 0 spiro atoms. The van der Waals surface area contributed by atoms with Gasteiger partial charge in [-0.05, 0) is 32.4 Å². The molecule has 4 nitrogen and oxygen atoms in total. The number of hydrogen-bond donors (Lipinski definition) is 1. The van der Waals surface area contributed by atoms with E-state index in [9.17, 15) is 4.79 Å². The average Bonchev–Trinajstić information content (AvgIpc) is 2.37. The number of carbonyl (C=O) groups excluding carboxylic acids is 1. The molecule has 5 heteroatoms. The SMILES string of the molecule is CC(C)(C)OC(=O)N1CCN[C@@H](c2ccccc2Cl)C1. The maximum absolute atomic E-state index is 12.1. The highest BCUT2D eigenvalue weighted by Crippen LogP contribution is 2.25. The van der Waals surface area contributed by atoms with Crippen LogP contribution in [-0.2, 0) is 4.74 Å². The summed E-state index contributed by atoms with van der Waals surface area (Å²) in [6, 6.07) is 7.75. The predicted octanol–water partition coefficient (Wildman–Crippen LogP) is 3.22. The Bertz CT molecular complexity index is 485. The summed E-state index contributed by atoms with van der Waals surface area (Å²) < 4.78 is 5.42. The molecule has 20 heavy (non-hydrogen) atoms. The molecule has 0 bridgehead atoms. The fourth-order valence-corrected chi connectivity index (χ4v) is 2.48. The molecule has 1 heterocycles. The van der Waals surface area contributed by atoms with Crippen molar-refractivity contribution < 1.29 is 9.53 Å². The Morgan fingerprint density at radius 3 is 2.75 bits per heavy atom. The molecule has 1 aromatic carbocycles. The Hall–Kier alpha value is -1.26. The highest BCUT2D eigenvalue weighted by molar-refractivity contribution is 6.31. The Morgan fingerprint density at radius 1 is 1.40 bits per heavy atom. The van der Waals surface area contributed by atoms with Crippen LogP contribution in [0.15, 0.2) is 24.3 Å². The summed E-state index contributed by atoms with van der Waals surface area (Å²) in [4.78, 5) is 13.9. The van der Waals surface area contributed by atoms with Crippen molar-refractivity contribution in [1.82, 2.24) is 10.2 Å². The molecular weight excluding hydrogens is 276 g/mol. The molecule has 1 N–H and O–H groups in total. The van der Waals surface area contributed by atoms with Crippen molar-refractivity contribution in [3.05, 3.63) is 34.9 Å². The Morgan fingerprint density at radius 2 is 2.10 bits per heavy atom. The number of nitrogens with zero attached hydrogens (tertiary/aromatic N) is 1. The second kappa shape index (κ2) is 6.02. The number of carbonyl (C=O) groups is 1. The average molecular weight is 297 g/mol. The first-order valence-corrected chi connectivity index (χ1v) is 7.20. The summed E-state index contributed by atoms with van der Waals surface area (Å²) in [6.07, 6.45) is -0.268. The van der Waals surface area contributed by atoms with Crippen molar-refractivity contribution in [2.75, 3.05) is 19.6 Å². The molecule has 0 unspecified atom stereocenters. The van der Waals surface area contributed by atoms with Crippen LogP contribution in [0.1, 0.15) is 32.4 Å². The van der Waals surface area contributed by atoms with Crippen molar-refractivity contribution >= 4 is 17.7 Å². The second-order valence-electron chi connectivity index (χ2n) is 5.95. The van der Waals surface area contributed by atoms with Gasteiger partial charge in [0.1, 0.15) is 5.60 Å². The minimum Gasteiger partial charge on any atom is -0.444 e. The molecule has 0 saturated carbocycles. The van der Waals surface area contributed by atoms with Gasteiger partial charge in [-0.15, -0.1) is 0 Å². The van der Waals surface area contributed by atoms with Gasteiger partial charge in [-0.2, -0.15) is 0 Å². The molecule has 1 aliphatic heterocycles. The second-order valence-corrected chi connectivity index (χ2v) is 6.36. The van der Waals surface area contributed by atoms with Crippen LogP contribution in [0.25, 0.3) is 0 Å². The van der Waals surface area contributed by atoms with Crippen LogP contribution in [0.3, 0.4) is 0 Å². The summed E-state index contributed by atoms with van der Waals surface area (Å²) in [5, 5.41) is 4.11. The van der Waals surface area contributed by atoms with E-state index in [1.807, 2.05) is 45.0 Å². The van der Waals surface area contributed by atoms with E-state index >= 15 is 0 Å². The van der Waals surface area contributed by atoms with Gasteiger partial charge < -0.3 is 15.0 Å². The zero-order chi connectivity index (χ0) is 14.8.